The second-order valence-electron chi connectivity index (χ2n) is 6.19. The fourth-order valence-electron chi connectivity index (χ4n) is 3.11. The van der Waals surface area contributed by atoms with Crippen molar-refractivity contribution in [2.45, 2.75) is 40.2 Å². The molecule has 0 saturated carbocycles. The average molecular weight is 357 g/mol. The molecule has 0 spiro atoms. The van der Waals surface area contributed by atoms with E-state index >= 15 is 0 Å². The summed E-state index contributed by atoms with van der Waals surface area (Å²) in [5.74, 6) is -0.367. The molecule has 1 atom stereocenters. The van der Waals surface area contributed by atoms with Crippen LogP contribution in [0, 0.1) is 13.8 Å². The van der Waals surface area contributed by atoms with E-state index in [1.165, 1.54) is 21.0 Å². The maximum Gasteiger partial charge on any atom is 0.329 e. The summed E-state index contributed by atoms with van der Waals surface area (Å²) in [7, 11) is 1.35. The van der Waals surface area contributed by atoms with Crippen molar-refractivity contribution in [1.82, 2.24) is 4.57 Å². The van der Waals surface area contributed by atoms with Crippen LogP contribution in [0.25, 0.3) is 0 Å². The minimum absolute atomic E-state index is 0.0429. The van der Waals surface area contributed by atoms with Crippen LogP contribution in [0.1, 0.15) is 47.2 Å². The number of aromatic nitrogens is 1. The van der Waals surface area contributed by atoms with Crippen LogP contribution in [-0.4, -0.2) is 29.4 Å². The summed E-state index contributed by atoms with van der Waals surface area (Å²) >= 11 is 0. The Labute approximate surface area is 152 Å². The molecule has 0 bridgehead atoms. The number of methoxy groups -OCH3 is 1. The van der Waals surface area contributed by atoms with E-state index in [1.807, 2.05) is 18.4 Å². The van der Waals surface area contributed by atoms with Crippen LogP contribution in [0.4, 0.5) is 0 Å². The molecule has 0 saturated heterocycles. The minimum atomic E-state index is -0.590. The van der Waals surface area contributed by atoms with Gasteiger partial charge in [0.1, 0.15) is 11.8 Å². The summed E-state index contributed by atoms with van der Waals surface area (Å²) in [5, 5.41) is 0. The Morgan fingerprint density at radius 3 is 2.15 bits per heavy atom. The van der Waals surface area contributed by atoms with Crippen LogP contribution in [0.2, 0.25) is 0 Å². The molecule has 1 heterocycles. The minimum Gasteiger partial charge on any atom is -0.467 e. The third kappa shape index (κ3) is 4.20. The number of aryl methyl sites for hydroxylation is 1. The SMILES string of the molecule is COC(=O)[C@H](Cc1ccc(OC(C)=O)cc1)n1c(C)cc(C(C)=O)c1C. The van der Waals surface area contributed by atoms with Crippen LogP contribution >= 0.6 is 0 Å². The molecule has 0 aliphatic heterocycles. The first-order valence-electron chi connectivity index (χ1n) is 8.29. The van der Waals surface area contributed by atoms with Gasteiger partial charge in [-0.1, -0.05) is 12.1 Å². The van der Waals surface area contributed by atoms with Crippen molar-refractivity contribution >= 4 is 17.7 Å². The van der Waals surface area contributed by atoms with E-state index in [4.69, 9.17) is 9.47 Å². The van der Waals surface area contributed by atoms with Gasteiger partial charge in [0.25, 0.3) is 0 Å². The number of ketones is 1. The number of carbonyl (C=O) groups excluding carboxylic acids is 3. The maximum absolute atomic E-state index is 12.4. The Bertz CT molecular complexity index is 833. The summed E-state index contributed by atoms with van der Waals surface area (Å²) in [6.07, 6.45) is 0.390. The first-order valence-corrected chi connectivity index (χ1v) is 8.29. The Balaban J connectivity index is 2.36. The van der Waals surface area contributed by atoms with Gasteiger partial charge in [-0.15, -0.1) is 0 Å². The van der Waals surface area contributed by atoms with E-state index in [2.05, 4.69) is 0 Å². The van der Waals surface area contributed by atoms with Crippen molar-refractivity contribution in [2.24, 2.45) is 0 Å². The molecular weight excluding hydrogens is 334 g/mol. The van der Waals surface area contributed by atoms with Crippen molar-refractivity contribution in [2.75, 3.05) is 7.11 Å². The third-order valence-electron chi connectivity index (χ3n) is 4.26. The molecule has 1 aromatic carbocycles. The summed E-state index contributed by atoms with van der Waals surface area (Å²) in [5.41, 5.74) is 3.04. The molecule has 0 radical (unpaired) electrons. The third-order valence-corrected chi connectivity index (χ3v) is 4.26. The Hall–Kier alpha value is -2.89. The van der Waals surface area contributed by atoms with Crippen LogP contribution < -0.4 is 4.74 Å². The molecule has 26 heavy (non-hydrogen) atoms. The molecule has 138 valence electrons. The predicted molar refractivity (Wildman–Crippen MR) is 96.4 cm³/mol. The zero-order valence-corrected chi connectivity index (χ0v) is 15.7. The number of esters is 2. The Kier molecular flexibility index (Phi) is 5.97. The van der Waals surface area contributed by atoms with Gasteiger partial charge in [0.2, 0.25) is 0 Å². The van der Waals surface area contributed by atoms with Gasteiger partial charge in [0, 0.05) is 30.3 Å². The van der Waals surface area contributed by atoms with E-state index in [-0.39, 0.29) is 17.7 Å². The quantitative estimate of drug-likeness (QED) is 0.451. The fourth-order valence-corrected chi connectivity index (χ4v) is 3.11. The topological polar surface area (TPSA) is 74.6 Å². The highest BCUT2D eigenvalue weighted by molar-refractivity contribution is 5.95. The Morgan fingerprint density at radius 1 is 1.08 bits per heavy atom. The van der Waals surface area contributed by atoms with Crippen molar-refractivity contribution in [1.29, 1.82) is 0 Å². The molecular formula is C20H23NO5. The lowest BCUT2D eigenvalue weighted by Gasteiger charge is -2.21. The zero-order chi connectivity index (χ0) is 19.4. The summed E-state index contributed by atoms with van der Waals surface area (Å²) in [6.45, 7) is 6.53. The van der Waals surface area contributed by atoms with E-state index in [0.29, 0.717) is 17.7 Å². The number of nitrogens with zero attached hydrogens (tertiary/aromatic N) is 1. The second kappa shape index (κ2) is 7.99. The molecule has 6 nitrogen and oxygen atoms in total. The lowest BCUT2D eigenvalue weighted by Crippen LogP contribution is -2.25. The molecule has 0 aliphatic carbocycles. The highest BCUT2D eigenvalue weighted by atomic mass is 16.5. The van der Waals surface area contributed by atoms with Crippen LogP contribution in [-0.2, 0) is 20.7 Å². The second-order valence-corrected chi connectivity index (χ2v) is 6.19. The van der Waals surface area contributed by atoms with E-state index < -0.39 is 6.04 Å². The van der Waals surface area contributed by atoms with Crippen molar-refractivity contribution in [3.05, 3.63) is 52.8 Å². The molecule has 1 aromatic heterocycles. The first kappa shape index (κ1) is 19.4. The molecule has 6 heteroatoms. The molecule has 0 aliphatic rings. The van der Waals surface area contributed by atoms with Gasteiger partial charge in [0.05, 0.1) is 7.11 Å². The van der Waals surface area contributed by atoms with Crippen molar-refractivity contribution in [3.63, 3.8) is 0 Å². The average Bonchev–Trinajstić information content (AvgIpc) is 2.88. The smallest absolute Gasteiger partial charge is 0.329 e. The summed E-state index contributed by atoms with van der Waals surface area (Å²) < 4.78 is 11.8. The molecule has 2 rings (SSSR count). The molecule has 2 aromatic rings. The van der Waals surface area contributed by atoms with Gasteiger partial charge in [-0.2, -0.15) is 0 Å². The number of rotatable bonds is 6. The van der Waals surface area contributed by atoms with Gasteiger partial charge in [-0.3, -0.25) is 9.59 Å². The standard InChI is InChI=1S/C20H23NO5/c1-12-10-18(14(3)22)13(2)21(12)19(20(24)25-5)11-16-6-8-17(9-7-16)26-15(4)23/h6-10,19H,11H2,1-5H3/t19-/m0/s1. The lowest BCUT2D eigenvalue weighted by atomic mass is 10.0. The molecule has 0 N–H and O–H groups in total. The predicted octanol–water partition coefficient (Wildman–Crippen LogP) is 3.19. The van der Waals surface area contributed by atoms with E-state index in [0.717, 1.165) is 17.0 Å². The monoisotopic (exact) mass is 357 g/mol. The fraction of sp³-hybridized carbons (Fsp3) is 0.350. The number of carbonyl (C=O) groups is 3. The van der Waals surface area contributed by atoms with Crippen LogP contribution in [0.5, 0.6) is 5.75 Å². The highest BCUT2D eigenvalue weighted by Gasteiger charge is 2.26. The number of benzene rings is 1. The normalized spacial score (nSPS) is 11.7. The summed E-state index contributed by atoms with van der Waals surface area (Å²) in [6, 6.07) is 8.16. The summed E-state index contributed by atoms with van der Waals surface area (Å²) in [4.78, 5) is 35.2. The van der Waals surface area contributed by atoms with Gasteiger partial charge in [-0.05, 0) is 44.5 Å². The lowest BCUT2D eigenvalue weighted by molar-refractivity contribution is -0.144. The Morgan fingerprint density at radius 2 is 1.69 bits per heavy atom. The van der Waals surface area contributed by atoms with Crippen LogP contribution in [0.15, 0.2) is 30.3 Å². The van der Waals surface area contributed by atoms with Gasteiger partial charge < -0.3 is 14.0 Å². The van der Waals surface area contributed by atoms with Gasteiger partial charge in [-0.25, -0.2) is 4.79 Å². The number of Topliss-reactive ketones (excluding diaryl/α,β-unsaturated/α-hetero) is 1. The van der Waals surface area contributed by atoms with E-state index in [1.54, 1.807) is 30.3 Å². The van der Waals surface area contributed by atoms with Crippen molar-refractivity contribution < 1.29 is 23.9 Å². The van der Waals surface area contributed by atoms with Crippen LogP contribution in [0.3, 0.4) is 0 Å². The van der Waals surface area contributed by atoms with Gasteiger partial charge in [0.15, 0.2) is 5.78 Å². The first-order chi connectivity index (χ1) is 12.2. The number of ether oxygens (including phenoxy) is 2. The van der Waals surface area contributed by atoms with Crippen molar-refractivity contribution in [3.8, 4) is 5.75 Å². The number of hydrogen-bond acceptors (Lipinski definition) is 5. The van der Waals surface area contributed by atoms with Gasteiger partial charge >= 0.3 is 11.9 Å². The largest absolute Gasteiger partial charge is 0.467 e. The molecule has 0 unspecified atom stereocenters. The highest BCUT2D eigenvalue weighted by Crippen LogP contribution is 2.26. The molecule has 0 fully saturated rings. The number of hydrogen-bond donors (Lipinski definition) is 0. The van der Waals surface area contributed by atoms with E-state index in [9.17, 15) is 14.4 Å². The maximum atomic E-state index is 12.4. The molecule has 0 amide bonds. The zero-order valence-electron chi connectivity index (χ0n) is 15.7.